The maximum absolute atomic E-state index is 6.37. The van der Waals surface area contributed by atoms with Gasteiger partial charge in [0.25, 0.3) is 0 Å². The fraction of sp³-hybridized carbons (Fsp3) is 0.267. The van der Waals surface area contributed by atoms with Gasteiger partial charge in [-0.25, -0.2) is 4.98 Å². The first-order valence-corrected chi connectivity index (χ1v) is 7.86. The number of aromatic nitrogens is 2. The van der Waals surface area contributed by atoms with Crippen LogP contribution >= 0.6 is 22.9 Å². The monoisotopic (exact) mass is 305 g/mol. The number of fused-ring (bicyclic) bond motifs is 1. The minimum Gasteiger partial charge on any atom is -0.356 e. The quantitative estimate of drug-likeness (QED) is 0.701. The summed E-state index contributed by atoms with van der Waals surface area (Å²) in [5.74, 6) is 0. The van der Waals surface area contributed by atoms with Gasteiger partial charge in [0.15, 0.2) is 0 Å². The highest BCUT2D eigenvalue weighted by molar-refractivity contribution is 7.09. The zero-order valence-electron chi connectivity index (χ0n) is 11.2. The lowest BCUT2D eigenvalue weighted by Gasteiger charge is -2.02. The summed E-state index contributed by atoms with van der Waals surface area (Å²) in [4.78, 5) is 7.81. The third-order valence-corrected chi connectivity index (χ3v) is 4.49. The normalized spacial score (nSPS) is 11.3. The Morgan fingerprint density at radius 3 is 2.95 bits per heavy atom. The minimum absolute atomic E-state index is 0.747. The van der Waals surface area contributed by atoms with Crippen LogP contribution in [0.5, 0.6) is 0 Å². The predicted octanol–water partition coefficient (Wildman–Crippen LogP) is 3.92. The second kappa shape index (κ2) is 5.95. The minimum atomic E-state index is 0.747. The van der Waals surface area contributed by atoms with E-state index in [0.29, 0.717) is 0 Å². The van der Waals surface area contributed by atoms with Crippen molar-refractivity contribution in [3.05, 3.63) is 51.1 Å². The van der Waals surface area contributed by atoms with Gasteiger partial charge in [-0.2, -0.15) is 0 Å². The summed E-state index contributed by atoms with van der Waals surface area (Å²) in [7, 11) is 0. The molecule has 3 nitrogen and oxygen atoms in total. The fourth-order valence-electron chi connectivity index (χ4n) is 2.24. The smallest absolute Gasteiger partial charge is 0.0897 e. The highest BCUT2D eigenvalue weighted by atomic mass is 35.5. The van der Waals surface area contributed by atoms with Crippen molar-refractivity contribution in [2.75, 3.05) is 6.54 Å². The third-order valence-electron chi connectivity index (χ3n) is 3.24. The van der Waals surface area contributed by atoms with Crippen molar-refractivity contribution in [1.29, 1.82) is 0 Å². The number of nitrogens with zero attached hydrogens (tertiary/aromatic N) is 1. The van der Waals surface area contributed by atoms with E-state index in [1.165, 1.54) is 0 Å². The summed E-state index contributed by atoms with van der Waals surface area (Å²) in [5, 5.41) is 8.55. The molecule has 0 radical (unpaired) electrons. The van der Waals surface area contributed by atoms with Gasteiger partial charge in [-0.05, 0) is 13.0 Å². The van der Waals surface area contributed by atoms with Crippen molar-refractivity contribution < 1.29 is 0 Å². The van der Waals surface area contributed by atoms with E-state index in [1.54, 1.807) is 11.3 Å². The van der Waals surface area contributed by atoms with Gasteiger partial charge in [0, 0.05) is 41.5 Å². The number of halogens is 1. The van der Waals surface area contributed by atoms with Crippen molar-refractivity contribution in [1.82, 2.24) is 15.3 Å². The van der Waals surface area contributed by atoms with Gasteiger partial charge >= 0.3 is 0 Å². The first kappa shape index (κ1) is 13.6. The van der Waals surface area contributed by atoms with Gasteiger partial charge in [-0.15, -0.1) is 11.3 Å². The molecule has 3 aromatic rings. The summed E-state index contributed by atoms with van der Waals surface area (Å²) in [6, 6.07) is 8.10. The zero-order chi connectivity index (χ0) is 13.9. The van der Waals surface area contributed by atoms with E-state index in [4.69, 9.17) is 11.6 Å². The van der Waals surface area contributed by atoms with Crippen LogP contribution in [0.3, 0.4) is 0 Å². The average molecular weight is 306 g/mol. The molecule has 3 rings (SSSR count). The van der Waals surface area contributed by atoms with Crippen LogP contribution in [-0.2, 0) is 13.0 Å². The van der Waals surface area contributed by atoms with Crippen LogP contribution in [0.2, 0.25) is 5.02 Å². The first-order chi connectivity index (χ1) is 9.74. The lowest BCUT2D eigenvalue weighted by molar-refractivity contribution is 0.673. The molecule has 0 bridgehead atoms. The van der Waals surface area contributed by atoms with E-state index in [1.807, 2.05) is 31.2 Å². The van der Waals surface area contributed by atoms with Crippen LogP contribution in [0.1, 0.15) is 16.4 Å². The second-order valence-electron chi connectivity index (χ2n) is 4.75. The maximum atomic E-state index is 6.37. The molecule has 0 amide bonds. The molecule has 2 aromatic heterocycles. The predicted molar refractivity (Wildman–Crippen MR) is 85.6 cm³/mol. The molecule has 0 saturated carbocycles. The number of aryl methyl sites for hydroxylation is 1. The molecule has 0 saturated heterocycles. The Labute approximate surface area is 127 Å². The number of para-hydroxylation sites is 1. The standard InChI is InChI=1S/C15H16ClN3S/c1-10-18-11(9-20-10)6-7-17-8-14-15(16)12-4-2-3-5-13(12)19-14/h2-5,9,17,19H,6-8H2,1H3. The molecule has 20 heavy (non-hydrogen) atoms. The molecule has 0 spiro atoms. The molecule has 0 aliphatic carbocycles. The zero-order valence-corrected chi connectivity index (χ0v) is 12.8. The molecule has 0 fully saturated rings. The lowest BCUT2D eigenvalue weighted by Crippen LogP contribution is -2.17. The first-order valence-electron chi connectivity index (χ1n) is 6.61. The molecule has 0 unspecified atom stereocenters. The molecule has 0 atom stereocenters. The van der Waals surface area contributed by atoms with E-state index in [2.05, 4.69) is 20.7 Å². The number of benzene rings is 1. The molecule has 2 heterocycles. The van der Waals surface area contributed by atoms with Gasteiger partial charge in [0.1, 0.15) is 0 Å². The van der Waals surface area contributed by atoms with Crippen LogP contribution in [-0.4, -0.2) is 16.5 Å². The lowest BCUT2D eigenvalue weighted by atomic mass is 10.2. The summed E-state index contributed by atoms with van der Waals surface area (Å²) >= 11 is 8.07. The van der Waals surface area contributed by atoms with Crippen LogP contribution in [0.25, 0.3) is 10.9 Å². The topological polar surface area (TPSA) is 40.7 Å². The fourth-order valence-corrected chi connectivity index (χ4v) is 3.16. The summed E-state index contributed by atoms with van der Waals surface area (Å²) in [5.41, 5.74) is 3.29. The Balaban J connectivity index is 1.58. The van der Waals surface area contributed by atoms with Gasteiger partial charge in [-0.3, -0.25) is 0 Å². The highest BCUT2D eigenvalue weighted by Crippen LogP contribution is 2.26. The summed E-state index contributed by atoms with van der Waals surface area (Å²) in [6.07, 6.45) is 0.947. The molecule has 0 aliphatic rings. The Morgan fingerprint density at radius 1 is 1.35 bits per heavy atom. The number of thiazole rings is 1. The Bertz CT molecular complexity index is 717. The molecular weight excluding hydrogens is 290 g/mol. The number of H-pyrrole nitrogens is 1. The van der Waals surface area contributed by atoms with E-state index in [9.17, 15) is 0 Å². The number of hydrogen-bond donors (Lipinski definition) is 2. The Hall–Kier alpha value is -1.36. The molecule has 104 valence electrons. The third kappa shape index (κ3) is 2.87. The molecular formula is C15H16ClN3S. The number of nitrogens with one attached hydrogen (secondary N) is 2. The number of rotatable bonds is 5. The van der Waals surface area contributed by atoms with Gasteiger partial charge < -0.3 is 10.3 Å². The molecule has 2 N–H and O–H groups in total. The van der Waals surface area contributed by atoms with Gasteiger partial charge in [0.05, 0.1) is 15.7 Å². The van der Waals surface area contributed by atoms with Crippen molar-refractivity contribution in [2.24, 2.45) is 0 Å². The summed E-state index contributed by atoms with van der Waals surface area (Å²) < 4.78 is 0. The summed E-state index contributed by atoms with van der Waals surface area (Å²) in [6.45, 7) is 3.68. The van der Waals surface area contributed by atoms with Crippen molar-refractivity contribution in [2.45, 2.75) is 19.9 Å². The van der Waals surface area contributed by atoms with Crippen molar-refractivity contribution >= 4 is 33.8 Å². The van der Waals surface area contributed by atoms with E-state index < -0.39 is 0 Å². The Kier molecular flexibility index (Phi) is 4.05. The van der Waals surface area contributed by atoms with Crippen LogP contribution in [0, 0.1) is 6.92 Å². The maximum Gasteiger partial charge on any atom is 0.0897 e. The molecule has 0 aliphatic heterocycles. The average Bonchev–Trinajstić information content (AvgIpc) is 3.00. The number of aromatic amines is 1. The van der Waals surface area contributed by atoms with E-state index in [-0.39, 0.29) is 0 Å². The van der Waals surface area contributed by atoms with Gasteiger partial charge in [-0.1, -0.05) is 29.8 Å². The molecule has 1 aromatic carbocycles. The van der Waals surface area contributed by atoms with Crippen LogP contribution in [0.15, 0.2) is 29.6 Å². The van der Waals surface area contributed by atoms with Crippen LogP contribution < -0.4 is 5.32 Å². The van der Waals surface area contributed by atoms with Crippen LogP contribution in [0.4, 0.5) is 0 Å². The SMILES string of the molecule is Cc1nc(CCNCc2[nH]c3ccccc3c2Cl)cs1. The second-order valence-corrected chi connectivity index (χ2v) is 6.19. The van der Waals surface area contributed by atoms with E-state index in [0.717, 1.165) is 51.8 Å². The molecule has 5 heteroatoms. The van der Waals surface area contributed by atoms with Crippen molar-refractivity contribution in [3.63, 3.8) is 0 Å². The highest BCUT2D eigenvalue weighted by Gasteiger charge is 2.08. The largest absolute Gasteiger partial charge is 0.356 e. The van der Waals surface area contributed by atoms with Gasteiger partial charge in [0.2, 0.25) is 0 Å². The number of hydrogen-bond acceptors (Lipinski definition) is 3. The Morgan fingerprint density at radius 2 is 2.20 bits per heavy atom. The van der Waals surface area contributed by atoms with Crippen molar-refractivity contribution in [3.8, 4) is 0 Å². The van der Waals surface area contributed by atoms with E-state index >= 15 is 0 Å².